The minimum atomic E-state index is -3.34. The maximum absolute atomic E-state index is 12.9. The lowest BCUT2D eigenvalue weighted by Gasteiger charge is -2.16. The van der Waals surface area contributed by atoms with Gasteiger partial charge in [-0.25, -0.2) is 13.1 Å². The number of anilines is 1. The van der Waals surface area contributed by atoms with Gasteiger partial charge in [0.1, 0.15) is 30.0 Å². The predicted molar refractivity (Wildman–Crippen MR) is 132 cm³/mol. The summed E-state index contributed by atoms with van der Waals surface area (Å²) < 4.78 is 53.2. The standard InChI is InChI=1S/C23H26N3O7PS/c1-16(14-31-2)32-19-11-17(23(27)24-22-9-10-26(25-22)15-34(3)28)12-20(13-19)33-18-5-7-21(8-6-18)35(4,29)30/h5-13,16H,14-15H2,1-4H3/p+1/t16-/m0/s1. The van der Waals surface area contributed by atoms with E-state index in [0.29, 0.717) is 29.7 Å². The molecule has 0 aliphatic heterocycles. The number of nitrogens with zero attached hydrogens (tertiary/aromatic N) is 2. The number of carbonyl (C=O) groups is 1. The Morgan fingerprint density at radius 3 is 2.43 bits per heavy atom. The molecule has 3 aromatic rings. The van der Waals surface area contributed by atoms with Crippen LogP contribution in [0, 0.1) is 0 Å². The number of benzene rings is 2. The summed E-state index contributed by atoms with van der Waals surface area (Å²) in [6.07, 6.45) is 2.72. The van der Waals surface area contributed by atoms with Gasteiger partial charge in [0.2, 0.25) is 6.29 Å². The van der Waals surface area contributed by atoms with E-state index in [2.05, 4.69) is 10.4 Å². The van der Waals surface area contributed by atoms with E-state index in [-0.39, 0.29) is 22.8 Å². The summed E-state index contributed by atoms with van der Waals surface area (Å²) in [5.74, 6) is 0.956. The first-order valence-corrected chi connectivity index (χ1v) is 14.3. The maximum atomic E-state index is 12.9. The smallest absolute Gasteiger partial charge is 0.358 e. The zero-order chi connectivity index (χ0) is 25.6. The number of methoxy groups -OCH3 is 1. The molecule has 1 N–H and O–H groups in total. The van der Waals surface area contributed by atoms with Crippen molar-refractivity contribution in [3.8, 4) is 17.2 Å². The Hall–Kier alpha value is -3.27. The minimum Gasteiger partial charge on any atom is -0.488 e. The Kier molecular flexibility index (Phi) is 8.61. The lowest BCUT2D eigenvalue weighted by Crippen LogP contribution is -2.18. The summed E-state index contributed by atoms with van der Waals surface area (Å²) in [4.78, 5) is 13.1. The third-order valence-electron chi connectivity index (χ3n) is 4.59. The van der Waals surface area contributed by atoms with Crippen LogP contribution in [-0.4, -0.2) is 56.8 Å². The van der Waals surface area contributed by atoms with Crippen LogP contribution in [0.25, 0.3) is 0 Å². The second-order valence-corrected chi connectivity index (χ2v) is 11.4. The zero-order valence-electron chi connectivity index (χ0n) is 19.8. The van der Waals surface area contributed by atoms with Crippen molar-refractivity contribution in [2.24, 2.45) is 0 Å². The van der Waals surface area contributed by atoms with Gasteiger partial charge in [-0.15, -0.1) is 0 Å². The van der Waals surface area contributed by atoms with Gasteiger partial charge in [0.15, 0.2) is 15.7 Å². The Morgan fingerprint density at radius 1 is 1.11 bits per heavy atom. The van der Waals surface area contributed by atoms with Crippen molar-refractivity contribution in [2.45, 2.75) is 24.2 Å². The van der Waals surface area contributed by atoms with Crippen molar-refractivity contribution in [3.05, 3.63) is 60.3 Å². The molecule has 0 bridgehead atoms. The van der Waals surface area contributed by atoms with Gasteiger partial charge < -0.3 is 19.5 Å². The number of nitrogens with one attached hydrogen (secondary N) is 1. The normalized spacial score (nSPS) is 12.6. The van der Waals surface area contributed by atoms with Crippen LogP contribution in [0.3, 0.4) is 0 Å². The van der Waals surface area contributed by atoms with Gasteiger partial charge in [-0.05, 0) is 43.3 Å². The largest absolute Gasteiger partial charge is 0.488 e. The van der Waals surface area contributed by atoms with Crippen LogP contribution >= 0.6 is 7.80 Å². The molecule has 1 unspecified atom stereocenters. The summed E-state index contributed by atoms with van der Waals surface area (Å²) >= 11 is 0. The third kappa shape index (κ3) is 7.88. The van der Waals surface area contributed by atoms with E-state index in [1.54, 1.807) is 38.2 Å². The van der Waals surface area contributed by atoms with Crippen molar-refractivity contribution in [3.63, 3.8) is 0 Å². The highest BCUT2D eigenvalue weighted by Crippen LogP contribution is 2.29. The van der Waals surface area contributed by atoms with Crippen LogP contribution < -0.4 is 14.8 Å². The molecule has 12 heteroatoms. The van der Waals surface area contributed by atoms with Crippen LogP contribution in [0.15, 0.2) is 59.6 Å². The van der Waals surface area contributed by atoms with Crippen LogP contribution in [0.2, 0.25) is 0 Å². The van der Waals surface area contributed by atoms with E-state index < -0.39 is 23.5 Å². The molecule has 0 radical (unpaired) electrons. The molecule has 1 amide bonds. The Morgan fingerprint density at radius 2 is 1.80 bits per heavy atom. The average Bonchev–Trinajstić information content (AvgIpc) is 3.19. The maximum Gasteiger partial charge on any atom is 0.358 e. The molecule has 0 aliphatic carbocycles. The lowest BCUT2D eigenvalue weighted by molar-refractivity contribution is 0.0915. The molecule has 1 aromatic heterocycles. The highest BCUT2D eigenvalue weighted by molar-refractivity contribution is 7.90. The Labute approximate surface area is 204 Å². The molecule has 0 aliphatic rings. The predicted octanol–water partition coefficient (Wildman–Crippen LogP) is 4.16. The number of sulfone groups is 1. The van der Waals surface area contributed by atoms with Crippen LogP contribution in [-0.2, 0) is 25.4 Å². The number of rotatable bonds is 11. The zero-order valence-corrected chi connectivity index (χ0v) is 21.5. The number of carbonyl (C=O) groups excluding carboxylic acids is 1. The first kappa shape index (κ1) is 26.3. The van der Waals surface area contributed by atoms with Gasteiger partial charge in [0.05, 0.1) is 11.5 Å². The molecule has 0 saturated heterocycles. The van der Waals surface area contributed by atoms with E-state index in [9.17, 15) is 17.8 Å². The van der Waals surface area contributed by atoms with E-state index in [4.69, 9.17) is 14.2 Å². The van der Waals surface area contributed by atoms with Crippen molar-refractivity contribution < 1.29 is 32.0 Å². The van der Waals surface area contributed by atoms with E-state index in [0.717, 1.165) is 6.26 Å². The second kappa shape index (κ2) is 11.4. The van der Waals surface area contributed by atoms with Crippen molar-refractivity contribution in [2.75, 3.05) is 32.0 Å². The van der Waals surface area contributed by atoms with Gasteiger partial charge in [0.25, 0.3) is 5.91 Å². The van der Waals surface area contributed by atoms with E-state index in [1.807, 2.05) is 6.92 Å². The molecule has 0 saturated carbocycles. The first-order chi connectivity index (χ1) is 16.5. The summed E-state index contributed by atoms with van der Waals surface area (Å²) in [7, 11) is -3.19. The Balaban J connectivity index is 1.85. The fourth-order valence-corrected chi connectivity index (χ4v) is 4.32. The van der Waals surface area contributed by atoms with E-state index >= 15 is 0 Å². The van der Waals surface area contributed by atoms with Crippen molar-refractivity contribution in [1.29, 1.82) is 0 Å². The topological polar surface area (TPSA) is 126 Å². The van der Waals surface area contributed by atoms with Gasteiger partial charge in [-0.3, -0.25) is 4.79 Å². The van der Waals surface area contributed by atoms with Crippen LogP contribution in [0.5, 0.6) is 17.2 Å². The number of ether oxygens (including phenoxy) is 3. The third-order valence-corrected chi connectivity index (χ3v) is 6.41. The summed E-state index contributed by atoms with van der Waals surface area (Å²) in [5.41, 5.74) is 0.256. The van der Waals surface area contributed by atoms with E-state index in [1.165, 1.54) is 35.0 Å². The van der Waals surface area contributed by atoms with Gasteiger partial charge in [-0.2, -0.15) is 5.10 Å². The lowest BCUT2D eigenvalue weighted by atomic mass is 10.2. The molecule has 10 nitrogen and oxygen atoms in total. The number of hydrogen-bond donors (Lipinski definition) is 1. The van der Waals surface area contributed by atoms with Crippen LogP contribution in [0.1, 0.15) is 17.3 Å². The number of hydrogen-bond acceptors (Lipinski definition) is 8. The van der Waals surface area contributed by atoms with Gasteiger partial charge in [-0.1, -0.05) is 4.57 Å². The minimum absolute atomic E-state index is 0.169. The fraction of sp³-hybridized carbons (Fsp3) is 0.304. The fourth-order valence-electron chi connectivity index (χ4n) is 3.12. The SMILES string of the molecule is COC[C@H](C)Oc1cc(Oc2ccc(S(C)(=O)=O)cc2)cc(C(=O)Nc2ccn(C[P+](C)=O)n2)c1. The molecule has 35 heavy (non-hydrogen) atoms. The number of aromatic nitrogens is 2. The second-order valence-electron chi connectivity index (χ2n) is 7.89. The molecule has 0 spiro atoms. The monoisotopic (exact) mass is 520 g/mol. The molecule has 3 rings (SSSR count). The molecule has 186 valence electrons. The molecule has 2 aromatic carbocycles. The Bertz CT molecular complexity index is 1310. The first-order valence-electron chi connectivity index (χ1n) is 10.5. The molecule has 0 fully saturated rings. The molecular weight excluding hydrogens is 493 g/mol. The highest BCUT2D eigenvalue weighted by Gasteiger charge is 2.16. The van der Waals surface area contributed by atoms with Gasteiger partial charge in [0, 0.05) is 37.3 Å². The van der Waals surface area contributed by atoms with Crippen LogP contribution in [0.4, 0.5) is 5.82 Å². The summed E-state index contributed by atoms with van der Waals surface area (Å²) in [5, 5.41) is 6.91. The van der Waals surface area contributed by atoms with Crippen molar-refractivity contribution >= 4 is 29.4 Å². The summed E-state index contributed by atoms with van der Waals surface area (Å²) in [6, 6.07) is 12.3. The molecule has 1 heterocycles. The number of amides is 1. The van der Waals surface area contributed by atoms with Gasteiger partial charge >= 0.3 is 7.80 Å². The summed E-state index contributed by atoms with van der Waals surface area (Å²) in [6.45, 7) is 3.77. The quantitative estimate of drug-likeness (QED) is 0.374. The van der Waals surface area contributed by atoms with Crippen molar-refractivity contribution in [1.82, 2.24) is 9.78 Å². The molecule has 2 atom stereocenters. The highest BCUT2D eigenvalue weighted by atomic mass is 32.2. The molecular formula is C23H27N3O7PS+. The average molecular weight is 521 g/mol.